The van der Waals surface area contributed by atoms with Gasteiger partial charge in [0, 0.05) is 18.2 Å². The molecule has 6 heteroatoms. The van der Waals surface area contributed by atoms with Gasteiger partial charge in [-0.25, -0.2) is 4.98 Å². The monoisotopic (exact) mass is 408 g/mol. The van der Waals surface area contributed by atoms with Crippen LogP contribution >= 0.6 is 11.6 Å². The fourth-order valence-electron chi connectivity index (χ4n) is 3.72. The lowest BCUT2D eigenvalue weighted by molar-refractivity contribution is -0.118. The number of carbonyl (C=O) groups is 1. The minimum absolute atomic E-state index is 0. The van der Waals surface area contributed by atoms with Crippen molar-refractivity contribution < 1.29 is 15.7 Å². The highest BCUT2D eigenvalue weighted by molar-refractivity contribution is 6.30. The van der Waals surface area contributed by atoms with Crippen LogP contribution in [-0.2, 0) is 10.2 Å². The van der Waals surface area contributed by atoms with Gasteiger partial charge in [-0.2, -0.15) is 0 Å². The van der Waals surface area contributed by atoms with Gasteiger partial charge in [0.05, 0.1) is 5.41 Å². The molecule has 2 heterocycles. The second-order valence-electron chi connectivity index (χ2n) is 7.50. The summed E-state index contributed by atoms with van der Waals surface area (Å²) in [5, 5.41) is 3.70. The number of rotatable bonds is 4. The highest BCUT2D eigenvalue weighted by Crippen LogP contribution is 2.51. The summed E-state index contributed by atoms with van der Waals surface area (Å²) < 4.78 is 10.8. The zero-order valence-corrected chi connectivity index (χ0v) is 16.6. The molecule has 5 rings (SSSR count). The SMILES string of the molecule is Cc1cc(-c2cccc(Cl)c2)cnc1NC(=O)C1(c2ccc3c(c2)OCO3)CC1.[HH]. The molecular formula is C23H21ClN2O3. The summed E-state index contributed by atoms with van der Waals surface area (Å²) in [6.45, 7) is 2.16. The molecular weight excluding hydrogens is 388 g/mol. The van der Waals surface area contributed by atoms with Crippen LogP contribution in [0.5, 0.6) is 11.5 Å². The summed E-state index contributed by atoms with van der Waals surface area (Å²) in [4.78, 5) is 17.6. The van der Waals surface area contributed by atoms with Gasteiger partial charge in [-0.05, 0) is 66.8 Å². The van der Waals surface area contributed by atoms with Gasteiger partial charge in [-0.15, -0.1) is 0 Å². The first-order valence-corrected chi connectivity index (χ1v) is 9.87. The highest BCUT2D eigenvalue weighted by atomic mass is 35.5. The number of benzene rings is 2. The molecule has 0 saturated heterocycles. The molecule has 0 bridgehead atoms. The topological polar surface area (TPSA) is 60.5 Å². The molecule has 3 aromatic rings. The van der Waals surface area contributed by atoms with Crippen molar-refractivity contribution in [3.63, 3.8) is 0 Å². The van der Waals surface area contributed by atoms with Crippen molar-refractivity contribution in [3.8, 4) is 22.6 Å². The van der Waals surface area contributed by atoms with E-state index >= 15 is 0 Å². The van der Waals surface area contributed by atoms with Crippen LogP contribution in [0.15, 0.2) is 54.7 Å². The zero-order valence-electron chi connectivity index (χ0n) is 15.9. The van der Waals surface area contributed by atoms with E-state index in [1.54, 1.807) is 6.20 Å². The van der Waals surface area contributed by atoms with E-state index < -0.39 is 5.41 Å². The van der Waals surface area contributed by atoms with Crippen molar-refractivity contribution in [1.29, 1.82) is 0 Å². The van der Waals surface area contributed by atoms with E-state index in [9.17, 15) is 4.79 Å². The number of aryl methyl sites for hydroxylation is 1. The summed E-state index contributed by atoms with van der Waals surface area (Å²) in [7, 11) is 0. The minimum Gasteiger partial charge on any atom is -0.454 e. The van der Waals surface area contributed by atoms with E-state index in [1.807, 2.05) is 55.5 Å². The summed E-state index contributed by atoms with van der Waals surface area (Å²) in [5.74, 6) is 1.95. The number of fused-ring (bicyclic) bond motifs is 1. The van der Waals surface area contributed by atoms with Gasteiger partial charge >= 0.3 is 0 Å². The average Bonchev–Trinajstić information content (AvgIpc) is 3.40. The Kier molecular flexibility index (Phi) is 4.21. The number of nitrogens with zero attached hydrogens (tertiary/aromatic N) is 1. The van der Waals surface area contributed by atoms with Gasteiger partial charge in [0.15, 0.2) is 11.5 Å². The van der Waals surface area contributed by atoms with Gasteiger partial charge in [0.1, 0.15) is 5.82 Å². The Morgan fingerprint density at radius 3 is 2.69 bits per heavy atom. The quantitative estimate of drug-likeness (QED) is 0.631. The third-order valence-corrected chi connectivity index (χ3v) is 5.81. The van der Waals surface area contributed by atoms with Crippen LogP contribution in [0, 0.1) is 6.92 Å². The number of pyridine rings is 1. The van der Waals surface area contributed by atoms with E-state index in [1.165, 1.54) is 0 Å². The van der Waals surface area contributed by atoms with E-state index in [-0.39, 0.29) is 14.1 Å². The molecule has 2 aliphatic rings. The predicted octanol–water partition coefficient (Wildman–Crippen LogP) is 5.36. The molecule has 148 valence electrons. The third-order valence-electron chi connectivity index (χ3n) is 5.58. The highest BCUT2D eigenvalue weighted by Gasteiger charge is 2.51. The van der Waals surface area contributed by atoms with Crippen molar-refractivity contribution >= 4 is 23.3 Å². The van der Waals surface area contributed by atoms with E-state index in [0.717, 1.165) is 40.8 Å². The Balaban J connectivity index is 0.00000218. The largest absolute Gasteiger partial charge is 0.454 e. The van der Waals surface area contributed by atoms with Crippen molar-refractivity contribution in [2.75, 3.05) is 12.1 Å². The predicted molar refractivity (Wildman–Crippen MR) is 114 cm³/mol. The molecule has 1 aliphatic heterocycles. The van der Waals surface area contributed by atoms with Gasteiger partial charge in [-0.3, -0.25) is 4.79 Å². The van der Waals surface area contributed by atoms with Gasteiger partial charge in [0.2, 0.25) is 12.7 Å². The number of aromatic nitrogens is 1. The van der Waals surface area contributed by atoms with E-state index in [2.05, 4.69) is 10.3 Å². The second kappa shape index (κ2) is 6.78. The summed E-state index contributed by atoms with van der Waals surface area (Å²) in [5.41, 5.74) is 3.27. The molecule has 0 radical (unpaired) electrons. The Bertz CT molecular complexity index is 1130. The van der Waals surface area contributed by atoms with Crippen molar-refractivity contribution in [1.82, 2.24) is 4.98 Å². The average molecular weight is 409 g/mol. The second-order valence-corrected chi connectivity index (χ2v) is 7.94. The molecule has 1 aliphatic carbocycles. The summed E-state index contributed by atoms with van der Waals surface area (Å²) in [6, 6.07) is 15.4. The Morgan fingerprint density at radius 2 is 1.93 bits per heavy atom. The number of anilines is 1. The first-order chi connectivity index (χ1) is 14.0. The normalized spacial score (nSPS) is 15.8. The molecule has 2 aromatic carbocycles. The lowest BCUT2D eigenvalue weighted by atomic mass is 9.94. The Hall–Kier alpha value is -3.05. The van der Waals surface area contributed by atoms with Crippen LogP contribution in [0.1, 0.15) is 25.4 Å². The maximum absolute atomic E-state index is 13.1. The van der Waals surface area contributed by atoms with Crippen molar-refractivity contribution in [2.24, 2.45) is 0 Å². The van der Waals surface area contributed by atoms with Crippen LogP contribution in [0.25, 0.3) is 11.1 Å². The molecule has 1 amide bonds. The fourth-order valence-corrected chi connectivity index (χ4v) is 3.92. The fraction of sp³-hybridized carbons (Fsp3) is 0.217. The zero-order chi connectivity index (χ0) is 20.0. The Labute approximate surface area is 175 Å². The maximum atomic E-state index is 13.1. The first kappa shape index (κ1) is 18.0. The Morgan fingerprint density at radius 1 is 1.10 bits per heavy atom. The number of ether oxygens (including phenoxy) is 2. The molecule has 1 saturated carbocycles. The summed E-state index contributed by atoms with van der Waals surface area (Å²) in [6.07, 6.45) is 3.37. The van der Waals surface area contributed by atoms with Crippen molar-refractivity contribution in [2.45, 2.75) is 25.2 Å². The van der Waals surface area contributed by atoms with Gasteiger partial charge < -0.3 is 14.8 Å². The molecule has 1 aromatic heterocycles. The molecule has 5 nitrogen and oxygen atoms in total. The maximum Gasteiger partial charge on any atom is 0.236 e. The minimum atomic E-state index is -0.527. The third kappa shape index (κ3) is 3.21. The first-order valence-electron chi connectivity index (χ1n) is 9.49. The molecule has 0 spiro atoms. The number of halogens is 1. The van der Waals surface area contributed by atoms with Gasteiger partial charge in [-0.1, -0.05) is 29.8 Å². The van der Waals surface area contributed by atoms with Crippen LogP contribution in [0.3, 0.4) is 0 Å². The van der Waals surface area contributed by atoms with Crippen molar-refractivity contribution in [3.05, 3.63) is 70.9 Å². The van der Waals surface area contributed by atoms with Crippen LogP contribution in [0.2, 0.25) is 5.02 Å². The van der Waals surface area contributed by atoms with Crippen LogP contribution in [-0.4, -0.2) is 17.7 Å². The van der Waals surface area contributed by atoms with Crippen LogP contribution < -0.4 is 14.8 Å². The number of hydrogen-bond donors (Lipinski definition) is 1. The lowest BCUT2D eigenvalue weighted by Gasteiger charge is -2.17. The van der Waals surface area contributed by atoms with E-state index in [0.29, 0.717) is 16.6 Å². The summed E-state index contributed by atoms with van der Waals surface area (Å²) >= 11 is 6.09. The smallest absolute Gasteiger partial charge is 0.236 e. The van der Waals surface area contributed by atoms with E-state index in [4.69, 9.17) is 21.1 Å². The van der Waals surface area contributed by atoms with Gasteiger partial charge in [0.25, 0.3) is 0 Å². The standard InChI is InChI=1S/C23H19ClN2O3.H2/c1-14-9-16(15-3-2-4-18(24)10-15)12-25-21(14)26-22(27)23(7-8-23)17-5-6-19-20(11-17)29-13-28-19;/h2-6,9-12H,7-8,13H2,1H3,(H,25,26,27);1H. The molecule has 0 atom stereocenters. The molecule has 0 unspecified atom stereocenters. The molecule has 1 fully saturated rings. The number of nitrogens with one attached hydrogen (secondary N) is 1. The lowest BCUT2D eigenvalue weighted by Crippen LogP contribution is -2.28. The molecule has 1 N–H and O–H groups in total. The number of hydrogen-bond acceptors (Lipinski definition) is 4. The number of carbonyl (C=O) groups excluding carboxylic acids is 1. The van der Waals surface area contributed by atoms with Crippen LogP contribution in [0.4, 0.5) is 5.82 Å². The number of amides is 1. The molecule has 29 heavy (non-hydrogen) atoms.